The Bertz CT molecular complexity index is 527. The summed E-state index contributed by atoms with van der Waals surface area (Å²) < 4.78 is 27.5. The highest BCUT2D eigenvalue weighted by atomic mass is 32.2. The van der Waals surface area contributed by atoms with Crippen LogP contribution in [0.15, 0.2) is 17.3 Å². The molecule has 0 aliphatic rings. The van der Waals surface area contributed by atoms with Crippen molar-refractivity contribution in [3.8, 4) is 6.07 Å². The summed E-state index contributed by atoms with van der Waals surface area (Å²) in [5.74, 6) is 0.204. The molecule has 0 aliphatic heterocycles. The predicted molar refractivity (Wildman–Crippen MR) is 67.0 cm³/mol. The zero-order valence-electron chi connectivity index (χ0n) is 10.9. The SMILES string of the molecule is CC(C)CN(CCC#N)S(=O)(=O)c1cnn(C)c1. The number of aromatic nitrogens is 2. The second-order valence-electron chi connectivity index (χ2n) is 4.51. The summed E-state index contributed by atoms with van der Waals surface area (Å²) in [5.41, 5.74) is 0. The molecule has 1 aromatic heterocycles. The van der Waals surface area contributed by atoms with Gasteiger partial charge in [-0.25, -0.2) is 8.42 Å². The fourth-order valence-corrected chi connectivity index (χ4v) is 3.16. The lowest BCUT2D eigenvalue weighted by atomic mass is 10.2. The molecule has 0 saturated carbocycles. The summed E-state index contributed by atoms with van der Waals surface area (Å²) >= 11 is 0. The summed E-state index contributed by atoms with van der Waals surface area (Å²) in [6, 6.07) is 1.97. The normalized spacial score (nSPS) is 12.0. The molecular weight excluding hydrogens is 252 g/mol. The van der Waals surface area contributed by atoms with E-state index in [0.29, 0.717) is 6.54 Å². The van der Waals surface area contributed by atoms with Gasteiger partial charge in [0.2, 0.25) is 10.0 Å². The smallest absolute Gasteiger partial charge is 0.246 e. The van der Waals surface area contributed by atoms with Crippen LogP contribution in [0.2, 0.25) is 0 Å². The summed E-state index contributed by atoms with van der Waals surface area (Å²) in [6.07, 6.45) is 2.98. The van der Waals surface area contributed by atoms with Crippen molar-refractivity contribution in [3.63, 3.8) is 0 Å². The van der Waals surface area contributed by atoms with Gasteiger partial charge in [-0.1, -0.05) is 13.8 Å². The molecule has 1 aromatic rings. The fourth-order valence-electron chi connectivity index (χ4n) is 1.57. The van der Waals surface area contributed by atoms with Crippen molar-refractivity contribution in [2.45, 2.75) is 25.2 Å². The zero-order valence-corrected chi connectivity index (χ0v) is 11.7. The highest BCUT2D eigenvalue weighted by Gasteiger charge is 2.25. The predicted octanol–water partition coefficient (Wildman–Crippen LogP) is 0.980. The first-order chi connectivity index (χ1) is 8.37. The quantitative estimate of drug-likeness (QED) is 0.772. The number of rotatable bonds is 6. The molecule has 0 amide bonds. The van der Waals surface area contributed by atoms with Crippen molar-refractivity contribution >= 4 is 10.0 Å². The van der Waals surface area contributed by atoms with Crippen molar-refractivity contribution in [3.05, 3.63) is 12.4 Å². The number of nitrogens with zero attached hydrogens (tertiary/aromatic N) is 4. The van der Waals surface area contributed by atoms with Crippen LogP contribution < -0.4 is 0 Å². The molecule has 0 aliphatic carbocycles. The highest BCUT2D eigenvalue weighted by Crippen LogP contribution is 2.16. The Kier molecular flexibility index (Phi) is 4.87. The Morgan fingerprint density at radius 3 is 2.67 bits per heavy atom. The summed E-state index contributed by atoms with van der Waals surface area (Å²) in [7, 11) is -1.88. The molecule has 7 heteroatoms. The molecule has 18 heavy (non-hydrogen) atoms. The molecule has 100 valence electrons. The van der Waals surface area contributed by atoms with Crippen molar-refractivity contribution < 1.29 is 8.42 Å². The molecule has 1 rings (SSSR count). The van der Waals surface area contributed by atoms with E-state index in [0.717, 1.165) is 0 Å². The van der Waals surface area contributed by atoms with E-state index in [4.69, 9.17) is 5.26 Å². The van der Waals surface area contributed by atoms with Crippen LogP contribution in [-0.4, -0.2) is 35.6 Å². The van der Waals surface area contributed by atoms with Gasteiger partial charge in [-0.05, 0) is 5.92 Å². The summed E-state index contributed by atoms with van der Waals surface area (Å²) in [4.78, 5) is 0.170. The van der Waals surface area contributed by atoms with Crippen LogP contribution in [0.4, 0.5) is 0 Å². The van der Waals surface area contributed by atoms with Gasteiger partial charge in [0.15, 0.2) is 0 Å². The van der Waals surface area contributed by atoms with E-state index < -0.39 is 10.0 Å². The number of aryl methyl sites for hydroxylation is 1. The minimum absolute atomic E-state index is 0.170. The molecule has 1 heterocycles. The van der Waals surface area contributed by atoms with Crippen LogP contribution in [0, 0.1) is 17.2 Å². The van der Waals surface area contributed by atoms with E-state index in [9.17, 15) is 8.42 Å². The van der Waals surface area contributed by atoms with Gasteiger partial charge >= 0.3 is 0 Å². The molecule has 0 fully saturated rings. The average Bonchev–Trinajstić information content (AvgIpc) is 2.71. The molecule has 0 atom stereocenters. The standard InChI is InChI=1S/C11H18N4O2S/c1-10(2)8-15(6-4-5-12)18(16,17)11-7-13-14(3)9-11/h7,9-10H,4,6,8H2,1-3H3. The molecule has 0 unspecified atom stereocenters. The van der Waals surface area contributed by atoms with E-state index in [1.807, 2.05) is 19.9 Å². The van der Waals surface area contributed by atoms with Gasteiger partial charge in [-0.3, -0.25) is 4.68 Å². The van der Waals surface area contributed by atoms with Crippen LogP contribution >= 0.6 is 0 Å². The maximum Gasteiger partial charge on any atom is 0.246 e. The van der Waals surface area contributed by atoms with E-state index >= 15 is 0 Å². The van der Waals surface area contributed by atoms with Gasteiger partial charge in [0.25, 0.3) is 0 Å². The fraction of sp³-hybridized carbons (Fsp3) is 0.636. The Hall–Kier alpha value is -1.39. The Morgan fingerprint density at radius 1 is 1.56 bits per heavy atom. The van der Waals surface area contributed by atoms with Crippen molar-refractivity contribution in [1.29, 1.82) is 5.26 Å². The van der Waals surface area contributed by atoms with Crippen LogP contribution in [0.5, 0.6) is 0 Å². The zero-order chi connectivity index (χ0) is 13.8. The lowest BCUT2D eigenvalue weighted by Gasteiger charge is -2.22. The largest absolute Gasteiger partial charge is 0.274 e. The van der Waals surface area contributed by atoms with Crippen LogP contribution in [0.1, 0.15) is 20.3 Å². The van der Waals surface area contributed by atoms with Crippen LogP contribution in [-0.2, 0) is 17.1 Å². The van der Waals surface area contributed by atoms with Gasteiger partial charge in [-0.2, -0.15) is 14.7 Å². The maximum absolute atomic E-state index is 12.4. The number of hydrogen-bond acceptors (Lipinski definition) is 4. The van der Waals surface area contributed by atoms with E-state index in [2.05, 4.69) is 5.10 Å². The second kappa shape index (κ2) is 5.98. The number of hydrogen-bond donors (Lipinski definition) is 0. The Balaban J connectivity index is 2.99. The van der Waals surface area contributed by atoms with Crippen molar-refractivity contribution in [1.82, 2.24) is 14.1 Å². The van der Waals surface area contributed by atoms with Gasteiger partial charge in [0, 0.05) is 32.8 Å². The molecule has 0 N–H and O–H groups in total. The highest BCUT2D eigenvalue weighted by molar-refractivity contribution is 7.89. The minimum Gasteiger partial charge on any atom is -0.274 e. The average molecular weight is 270 g/mol. The second-order valence-corrected chi connectivity index (χ2v) is 6.45. The Labute approximate surface area is 108 Å². The molecular formula is C11H18N4O2S. The van der Waals surface area contributed by atoms with E-state index in [1.54, 1.807) is 7.05 Å². The lowest BCUT2D eigenvalue weighted by Crippen LogP contribution is -2.34. The molecule has 0 saturated heterocycles. The molecule has 0 bridgehead atoms. The van der Waals surface area contributed by atoms with Gasteiger partial charge in [-0.15, -0.1) is 0 Å². The van der Waals surface area contributed by atoms with Gasteiger partial charge in [0.1, 0.15) is 4.90 Å². The summed E-state index contributed by atoms with van der Waals surface area (Å²) in [6.45, 7) is 4.50. The van der Waals surface area contributed by atoms with Gasteiger partial charge in [0.05, 0.1) is 12.3 Å². The monoisotopic (exact) mass is 270 g/mol. The molecule has 0 spiro atoms. The van der Waals surface area contributed by atoms with Crippen LogP contribution in [0.3, 0.4) is 0 Å². The Morgan fingerprint density at radius 2 is 2.22 bits per heavy atom. The first-order valence-corrected chi connectivity index (χ1v) is 7.17. The number of nitriles is 1. The van der Waals surface area contributed by atoms with Crippen molar-refractivity contribution in [2.75, 3.05) is 13.1 Å². The first kappa shape index (κ1) is 14.7. The van der Waals surface area contributed by atoms with E-state index in [-0.39, 0.29) is 23.8 Å². The minimum atomic E-state index is -3.55. The third-order valence-electron chi connectivity index (χ3n) is 2.36. The third-order valence-corrected chi connectivity index (χ3v) is 4.18. The van der Waals surface area contributed by atoms with E-state index in [1.165, 1.54) is 21.4 Å². The number of sulfonamides is 1. The van der Waals surface area contributed by atoms with Crippen molar-refractivity contribution in [2.24, 2.45) is 13.0 Å². The van der Waals surface area contributed by atoms with Gasteiger partial charge < -0.3 is 0 Å². The maximum atomic E-state index is 12.4. The topological polar surface area (TPSA) is 79.0 Å². The molecule has 0 radical (unpaired) electrons. The first-order valence-electron chi connectivity index (χ1n) is 5.73. The van der Waals surface area contributed by atoms with Crippen LogP contribution in [0.25, 0.3) is 0 Å². The molecule has 0 aromatic carbocycles. The third kappa shape index (κ3) is 3.55. The molecule has 6 nitrogen and oxygen atoms in total. The summed E-state index contributed by atoms with van der Waals surface area (Å²) in [5, 5.41) is 12.5. The lowest BCUT2D eigenvalue weighted by molar-refractivity contribution is 0.373.